The molecule has 26 heavy (non-hydrogen) atoms. The molecule has 0 bridgehead atoms. The van der Waals surface area contributed by atoms with Crippen LogP contribution in [0, 0.1) is 0 Å². The van der Waals surface area contributed by atoms with Gasteiger partial charge in [-0.25, -0.2) is 0 Å². The normalized spacial score (nSPS) is 10.9. The molecule has 2 aromatic heterocycles. The summed E-state index contributed by atoms with van der Waals surface area (Å²) in [6, 6.07) is 5.72. The first kappa shape index (κ1) is 17.9. The lowest BCUT2D eigenvalue weighted by Gasteiger charge is -2.16. The van der Waals surface area contributed by atoms with Crippen LogP contribution in [0.1, 0.15) is 12.0 Å². The van der Waals surface area contributed by atoms with Crippen LogP contribution in [0.4, 0.5) is 0 Å². The second-order valence-corrected chi connectivity index (χ2v) is 6.07. The summed E-state index contributed by atoms with van der Waals surface area (Å²) < 4.78 is 12.7. The third kappa shape index (κ3) is 3.15. The number of ether oxygens (including phenoxy) is 2. The summed E-state index contributed by atoms with van der Waals surface area (Å²) in [7, 11) is 4.95. The maximum Gasteiger partial charge on any atom is 0.259 e. The minimum Gasteiger partial charge on any atom is -0.496 e. The van der Waals surface area contributed by atoms with Gasteiger partial charge in [-0.15, -0.1) is 0 Å². The number of pyridine rings is 2. The van der Waals surface area contributed by atoms with Gasteiger partial charge < -0.3 is 19.1 Å². The van der Waals surface area contributed by atoms with E-state index in [-0.39, 0.29) is 12.2 Å². The van der Waals surface area contributed by atoms with Crippen molar-refractivity contribution in [1.29, 1.82) is 0 Å². The largest absolute Gasteiger partial charge is 0.496 e. The quantitative estimate of drug-likeness (QED) is 0.736. The van der Waals surface area contributed by atoms with E-state index in [1.54, 1.807) is 38.2 Å². The fourth-order valence-electron chi connectivity index (χ4n) is 3.18. The van der Waals surface area contributed by atoms with E-state index >= 15 is 0 Å². The topological polar surface area (TPSA) is 73.6 Å². The van der Waals surface area contributed by atoms with Crippen LogP contribution >= 0.6 is 0 Å². The maximum atomic E-state index is 12.4. The van der Waals surface area contributed by atoms with Gasteiger partial charge >= 0.3 is 0 Å². The van der Waals surface area contributed by atoms with E-state index in [1.807, 2.05) is 24.4 Å². The second kappa shape index (κ2) is 7.58. The van der Waals surface area contributed by atoms with Crippen LogP contribution in [0.25, 0.3) is 21.9 Å². The third-order valence-corrected chi connectivity index (χ3v) is 4.49. The monoisotopic (exact) mass is 354 g/mol. The number of aryl methyl sites for hydroxylation is 1. The number of nitrogens with zero attached hydrogens (tertiary/aromatic N) is 2. The Kier molecular flexibility index (Phi) is 5.23. The molecule has 0 unspecified atom stereocenters. The standard InChI is InChI=1S/C20H22N2O4/c1-22-12-17(14-6-7-21-11-16(14)20(22)24)13-9-18(25-2)15(5-4-8-23)19(10-13)26-3/h6-7,9-12,23H,4-5,8H2,1-3H3. The van der Waals surface area contributed by atoms with E-state index in [1.165, 1.54) is 0 Å². The highest BCUT2D eigenvalue weighted by atomic mass is 16.5. The Balaban J connectivity index is 2.26. The highest BCUT2D eigenvalue weighted by Gasteiger charge is 2.16. The van der Waals surface area contributed by atoms with Gasteiger partial charge in [0.05, 0.1) is 19.6 Å². The minimum atomic E-state index is -0.0876. The summed E-state index contributed by atoms with van der Waals surface area (Å²) in [5.41, 5.74) is 2.62. The summed E-state index contributed by atoms with van der Waals surface area (Å²) in [6.45, 7) is 0.104. The molecule has 3 rings (SSSR count). The molecule has 2 heterocycles. The zero-order valence-electron chi connectivity index (χ0n) is 15.2. The van der Waals surface area contributed by atoms with Crippen LogP contribution < -0.4 is 15.0 Å². The number of rotatable bonds is 6. The predicted octanol–water partition coefficient (Wildman–Crippen LogP) is 2.54. The van der Waals surface area contributed by atoms with Gasteiger partial charge in [-0.3, -0.25) is 9.78 Å². The number of hydrogen-bond acceptors (Lipinski definition) is 5. The van der Waals surface area contributed by atoms with Crippen molar-refractivity contribution in [1.82, 2.24) is 9.55 Å². The van der Waals surface area contributed by atoms with Crippen molar-refractivity contribution in [3.05, 3.63) is 52.7 Å². The molecule has 0 amide bonds. The van der Waals surface area contributed by atoms with E-state index in [0.29, 0.717) is 29.7 Å². The van der Waals surface area contributed by atoms with Crippen molar-refractivity contribution < 1.29 is 14.6 Å². The number of methoxy groups -OCH3 is 2. The molecule has 1 N–H and O–H groups in total. The van der Waals surface area contributed by atoms with Gasteiger partial charge in [0.15, 0.2) is 0 Å². The lowest BCUT2D eigenvalue weighted by atomic mass is 9.97. The molecule has 1 aromatic carbocycles. The first-order chi connectivity index (χ1) is 12.6. The molecule has 0 atom stereocenters. The fourth-order valence-corrected chi connectivity index (χ4v) is 3.18. The maximum absolute atomic E-state index is 12.4. The van der Waals surface area contributed by atoms with Gasteiger partial charge in [-0.2, -0.15) is 0 Å². The summed E-state index contributed by atoms with van der Waals surface area (Å²) >= 11 is 0. The predicted molar refractivity (Wildman–Crippen MR) is 101 cm³/mol. The van der Waals surface area contributed by atoms with E-state index in [0.717, 1.165) is 22.1 Å². The zero-order valence-corrected chi connectivity index (χ0v) is 15.2. The van der Waals surface area contributed by atoms with Crippen molar-refractivity contribution in [3.63, 3.8) is 0 Å². The molecule has 0 aliphatic carbocycles. The molecule has 0 aliphatic heterocycles. The van der Waals surface area contributed by atoms with Crippen LogP contribution in [0.2, 0.25) is 0 Å². The average molecular weight is 354 g/mol. The lowest BCUT2D eigenvalue weighted by molar-refractivity contribution is 0.286. The number of fused-ring (bicyclic) bond motifs is 1. The molecule has 6 nitrogen and oxygen atoms in total. The molecule has 0 radical (unpaired) electrons. The number of hydrogen-bond donors (Lipinski definition) is 1. The van der Waals surface area contributed by atoms with Crippen molar-refractivity contribution >= 4 is 10.8 Å². The molecular weight excluding hydrogens is 332 g/mol. The average Bonchev–Trinajstić information content (AvgIpc) is 2.68. The first-order valence-electron chi connectivity index (χ1n) is 8.40. The lowest BCUT2D eigenvalue weighted by Crippen LogP contribution is -2.16. The summed E-state index contributed by atoms with van der Waals surface area (Å²) in [4.78, 5) is 16.5. The summed E-state index contributed by atoms with van der Waals surface area (Å²) in [6.07, 6.45) is 6.36. The number of aromatic nitrogens is 2. The smallest absolute Gasteiger partial charge is 0.259 e. The molecule has 0 fully saturated rings. The molecule has 136 valence electrons. The molecular formula is C20H22N2O4. The Morgan fingerprint density at radius 3 is 2.46 bits per heavy atom. The highest BCUT2D eigenvalue weighted by Crippen LogP contribution is 2.37. The van der Waals surface area contributed by atoms with E-state index < -0.39 is 0 Å². The van der Waals surface area contributed by atoms with Crippen LogP contribution in [-0.4, -0.2) is 35.5 Å². The van der Waals surface area contributed by atoms with Gasteiger partial charge in [-0.05, 0) is 42.0 Å². The molecule has 0 aliphatic rings. The number of aliphatic hydroxyl groups excluding tert-OH is 1. The highest BCUT2D eigenvalue weighted by molar-refractivity contribution is 5.95. The molecule has 0 saturated carbocycles. The second-order valence-electron chi connectivity index (χ2n) is 6.07. The SMILES string of the molecule is COc1cc(-c2cn(C)c(=O)c3cnccc23)cc(OC)c1CCCO. The Labute approximate surface area is 151 Å². The van der Waals surface area contributed by atoms with Crippen molar-refractivity contribution in [2.45, 2.75) is 12.8 Å². The van der Waals surface area contributed by atoms with E-state index in [4.69, 9.17) is 14.6 Å². The van der Waals surface area contributed by atoms with E-state index in [9.17, 15) is 4.79 Å². The van der Waals surface area contributed by atoms with Crippen LogP contribution in [0.3, 0.4) is 0 Å². The summed E-state index contributed by atoms with van der Waals surface area (Å²) in [5.74, 6) is 1.40. The Bertz CT molecular complexity index is 970. The van der Waals surface area contributed by atoms with Gasteiger partial charge in [-0.1, -0.05) is 0 Å². The zero-order chi connectivity index (χ0) is 18.7. The third-order valence-electron chi connectivity index (χ3n) is 4.49. The van der Waals surface area contributed by atoms with Crippen molar-refractivity contribution in [2.75, 3.05) is 20.8 Å². The van der Waals surface area contributed by atoms with Crippen molar-refractivity contribution in [2.24, 2.45) is 7.05 Å². The van der Waals surface area contributed by atoms with Crippen LogP contribution in [0.15, 0.2) is 41.6 Å². The van der Waals surface area contributed by atoms with Gasteiger partial charge in [0.1, 0.15) is 11.5 Å². The minimum absolute atomic E-state index is 0.0876. The fraction of sp³-hybridized carbons (Fsp3) is 0.300. The molecule has 0 spiro atoms. The van der Waals surface area contributed by atoms with Crippen LogP contribution in [0.5, 0.6) is 11.5 Å². The number of aliphatic hydroxyl groups is 1. The number of benzene rings is 1. The first-order valence-corrected chi connectivity index (χ1v) is 8.40. The molecule has 6 heteroatoms. The van der Waals surface area contributed by atoms with Gasteiger partial charge in [0, 0.05) is 43.4 Å². The van der Waals surface area contributed by atoms with Crippen molar-refractivity contribution in [3.8, 4) is 22.6 Å². The van der Waals surface area contributed by atoms with Gasteiger partial charge in [0.25, 0.3) is 5.56 Å². The van der Waals surface area contributed by atoms with Crippen LogP contribution in [-0.2, 0) is 13.5 Å². The van der Waals surface area contributed by atoms with Gasteiger partial charge in [0.2, 0.25) is 0 Å². The Hall–Kier alpha value is -2.86. The Morgan fingerprint density at radius 2 is 1.85 bits per heavy atom. The molecule has 3 aromatic rings. The molecule has 0 saturated heterocycles. The Morgan fingerprint density at radius 1 is 1.15 bits per heavy atom. The summed E-state index contributed by atoms with van der Waals surface area (Å²) in [5, 5.41) is 10.5. The van der Waals surface area contributed by atoms with E-state index in [2.05, 4.69) is 4.98 Å².